The molecule has 2 aromatic rings. The average molecular weight is 278 g/mol. The molecule has 1 aromatic carbocycles. The van der Waals surface area contributed by atoms with Crippen molar-refractivity contribution in [2.45, 2.75) is 6.54 Å². The summed E-state index contributed by atoms with van der Waals surface area (Å²) < 4.78 is 0. The summed E-state index contributed by atoms with van der Waals surface area (Å²) in [5.74, 6) is -0.606. The molecule has 0 fully saturated rings. The van der Waals surface area contributed by atoms with Crippen LogP contribution >= 0.6 is 11.6 Å². The third-order valence-corrected chi connectivity index (χ3v) is 2.75. The van der Waals surface area contributed by atoms with Crippen molar-refractivity contribution in [2.75, 3.05) is 11.1 Å². The number of aromatic nitrogens is 1. The Kier molecular flexibility index (Phi) is 3.87. The fraction of sp³-hybridized carbons (Fsp3) is 0.0769. The molecular weight excluding hydrogens is 266 g/mol. The van der Waals surface area contributed by atoms with E-state index in [0.717, 1.165) is 5.56 Å². The zero-order chi connectivity index (χ0) is 13.8. The van der Waals surface area contributed by atoms with Gasteiger partial charge in [0, 0.05) is 17.8 Å². The van der Waals surface area contributed by atoms with Crippen LogP contribution in [0.4, 0.5) is 11.5 Å². The summed E-state index contributed by atoms with van der Waals surface area (Å²) >= 11 is 5.88. The monoisotopic (exact) mass is 277 g/mol. The number of halogens is 1. The van der Waals surface area contributed by atoms with Crippen LogP contribution in [0.15, 0.2) is 36.5 Å². The van der Waals surface area contributed by atoms with Crippen LogP contribution in [0.5, 0.6) is 0 Å². The number of carboxylic acid groups (broad SMARTS) is 1. The van der Waals surface area contributed by atoms with Crippen LogP contribution in [-0.4, -0.2) is 16.1 Å². The predicted octanol–water partition coefficient (Wildman–Crippen LogP) is 2.63. The second-order valence-electron chi connectivity index (χ2n) is 3.95. The Labute approximate surface area is 115 Å². The number of benzene rings is 1. The highest BCUT2D eigenvalue weighted by Gasteiger charge is 2.07. The van der Waals surface area contributed by atoms with E-state index in [1.165, 1.54) is 12.3 Å². The van der Waals surface area contributed by atoms with Gasteiger partial charge in [-0.3, -0.25) is 0 Å². The number of carboxylic acids is 1. The lowest BCUT2D eigenvalue weighted by Gasteiger charge is -2.09. The predicted molar refractivity (Wildman–Crippen MR) is 74.4 cm³/mol. The number of hydrogen-bond acceptors (Lipinski definition) is 4. The quantitative estimate of drug-likeness (QED) is 0.799. The summed E-state index contributed by atoms with van der Waals surface area (Å²) in [5, 5.41) is 12.5. The highest BCUT2D eigenvalue weighted by atomic mass is 35.5. The van der Waals surface area contributed by atoms with Gasteiger partial charge in [0.15, 0.2) is 0 Å². The molecule has 5 nitrogen and oxygen atoms in total. The van der Waals surface area contributed by atoms with Crippen molar-refractivity contribution >= 4 is 29.1 Å². The van der Waals surface area contributed by atoms with Gasteiger partial charge in [-0.1, -0.05) is 23.7 Å². The number of pyridine rings is 1. The molecule has 0 bridgehead atoms. The number of nitrogens with two attached hydrogens (primary N) is 1. The number of nitrogens with zero attached hydrogens (tertiary/aromatic N) is 1. The lowest BCUT2D eigenvalue weighted by Crippen LogP contribution is -2.07. The fourth-order valence-corrected chi connectivity index (χ4v) is 1.79. The summed E-state index contributed by atoms with van der Waals surface area (Å²) in [6.45, 7) is 0.504. The van der Waals surface area contributed by atoms with Gasteiger partial charge in [0.2, 0.25) is 0 Å². The molecule has 98 valence electrons. The van der Waals surface area contributed by atoms with Gasteiger partial charge in [-0.15, -0.1) is 0 Å². The Morgan fingerprint density at radius 2 is 2.21 bits per heavy atom. The minimum absolute atomic E-state index is 0.0609. The van der Waals surface area contributed by atoms with Crippen molar-refractivity contribution in [2.24, 2.45) is 0 Å². The van der Waals surface area contributed by atoms with E-state index in [0.29, 0.717) is 23.1 Å². The van der Waals surface area contributed by atoms with Gasteiger partial charge in [0.25, 0.3) is 0 Å². The average Bonchev–Trinajstić information content (AvgIpc) is 2.37. The third kappa shape index (κ3) is 3.35. The summed E-state index contributed by atoms with van der Waals surface area (Å²) in [5.41, 5.74) is 7.08. The first-order valence-electron chi connectivity index (χ1n) is 5.53. The maximum absolute atomic E-state index is 10.8. The zero-order valence-electron chi connectivity index (χ0n) is 9.93. The molecule has 0 spiro atoms. The largest absolute Gasteiger partial charge is 0.478 e. The van der Waals surface area contributed by atoms with Crippen LogP contribution in [0, 0.1) is 0 Å². The Morgan fingerprint density at radius 3 is 2.84 bits per heavy atom. The van der Waals surface area contributed by atoms with Crippen molar-refractivity contribution in [1.29, 1.82) is 0 Å². The van der Waals surface area contributed by atoms with Crippen LogP contribution in [0.25, 0.3) is 0 Å². The molecule has 0 aliphatic heterocycles. The molecule has 6 heteroatoms. The van der Waals surface area contributed by atoms with E-state index in [-0.39, 0.29) is 5.56 Å². The van der Waals surface area contributed by atoms with E-state index >= 15 is 0 Å². The molecule has 0 amide bonds. The third-order valence-electron chi connectivity index (χ3n) is 2.51. The van der Waals surface area contributed by atoms with Gasteiger partial charge >= 0.3 is 5.97 Å². The lowest BCUT2D eigenvalue weighted by atomic mass is 10.2. The Morgan fingerprint density at radius 1 is 1.42 bits per heavy atom. The lowest BCUT2D eigenvalue weighted by molar-refractivity contribution is 0.0696. The first-order valence-corrected chi connectivity index (χ1v) is 5.91. The molecule has 4 N–H and O–H groups in total. The van der Waals surface area contributed by atoms with Crippen LogP contribution in [0.2, 0.25) is 5.02 Å². The second kappa shape index (κ2) is 5.58. The topological polar surface area (TPSA) is 88.2 Å². The van der Waals surface area contributed by atoms with E-state index in [4.69, 9.17) is 22.4 Å². The highest BCUT2D eigenvalue weighted by Crippen LogP contribution is 2.18. The van der Waals surface area contributed by atoms with E-state index in [1.54, 1.807) is 6.07 Å². The van der Waals surface area contributed by atoms with E-state index in [9.17, 15) is 4.79 Å². The molecule has 0 aliphatic carbocycles. The van der Waals surface area contributed by atoms with Gasteiger partial charge < -0.3 is 16.2 Å². The van der Waals surface area contributed by atoms with Crippen LogP contribution in [0.3, 0.4) is 0 Å². The molecule has 19 heavy (non-hydrogen) atoms. The molecule has 0 aliphatic rings. The Hall–Kier alpha value is -2.27. The van der Waals surface area contributed by atoms with Crippen molar-refractivity contribution in [3.63, 3.8) is 0 Å². The minimum atomic E-state index is -1.06. The molecule has 0 saturated carbocycles. The summed E-state index contributed by atoms with van der Waals surface area (Å²) in [6, 6.07) is 8.76. The number of aromatic carboxylic acids is 1. The number of rotatable bonds is 4. The van der Waals surface area contributed by atoms with E-state index < -0.39 is 5.97 Å². The first-order chi connectivity index (χ1) is 9.06. The Balaban J connectivity index is 2.10. The summed E-state index contributed by atoms with van der Waals surface area (Å²) in [7, 11) is 0. The van der Waals surface area contributed by atoms with Crippen molar-refractivity contribution in [3.05, 3.63) is 52.7 Å². The number of nitrogen functional groups attached to an aromatic ring is 1. The van der Waals surface area contributed by atoms with Gasteiger partial charge in [-0.25, -0.2) is 9.78 Å². The zero-order valence-corrected chi connectivity index (χ0v) is 10.7. The number of anilines is 2. The Bertz CT molecular complexity index is 617. The molecule has 1 aromatic heterocycles. The van der Waals surface area contributed by atoms with Gasteiger partial charge in [-0.2, -0.15) is 0 Å². The van der Waals surface area contributed by atoms with E-state index in [1.807, 2.05) is 18.2 Å². The maximum atomic E-state index is 10.8. The molecule has 0 radical (unpaired) electrons. The normalized spacial score (nSPS) is 10.2. The summed E-state index contributed by atoms with van der Waals surface area (Å²) in [6.07, 6.45) is 1.26. The van der Waals surface area contributed by atoms with Gasteiger partial charge in [0.05, 0.1) is 11.3 Å². The SMILES string of the molecule is Nc1cc(C(=O)O)cnc1NCc1cccc(Cl)c1. The smallest absolute Gasteiger partial charge is 0.337 e. The minimum Gasteiger partial charge on any atom is -0.478 e. The molecule has 1 heterocycles. The van der Waals surface area contributed by atoms with Crippen LogP contribution in [-0.2, 0) is 6.54 Å². The van der Waals surface area contributed by atoms with Gasteiger partial charge in [-0.05, 0) is 23.8 Å². The fourth-order valence-electron chi connectivity index (χ4n) is 1.58. The molecule has 0 saturated heterocycles. The van der Waals surface area contributed by atoms with Gasteiger partial charge in [0.1, 0.15) is 5.82 Å². The molecular formula is C13H12ClN3O2. The van der Waals surface area contributed by atoms with Crippen molar-refractivity contribution < 1.29 is 9.90 Å². The summed E-state index contributed by atoms with van der Waals surface area (Å²) in [4.78, 5) is 14.7. The standard InChI is InChI=1S/C13H12ClN3O2/c14-10-3-1-2-8(4-10)6-16-12-11(15)5-9(7-17-12)13(18)19/h1-5,7H,6,15H2,(H,16,17)(H,18,19). The maximum Gasteiger partial charge on any atom is 0.337 e. The van der Waals surface area contributed by atoms with Crippen LogP contribution in [0.1, 0.15) is 15.9 Å². The number of nitrogens with one attached hydrogen (secondary N) is 1. The molecule has 0 atom stereocenters. The molecule has 2 rings (SSSR count). The second-order valence-corrected chi connectivity index (χ2v) is 4.39. The molecule has 0 unspecified atom stereocenters. The first kappa shape index (κ1) is 13.2. The van der Waals surface area contributed by atoms with Crippen molar-refractivity contribution in [3.8, 4) is 0 Å². The van der Waals surface area contributed by atoms with Crippen molar-refractivity contribution in [1.82, 2.24) is 4.98 Å². The number of hydrogen-bond donors (Lipinski definition) is 3. The highest BCUT2D eigenvalue weighted by molar-refractivity contribution is 6.30. The van der Waals surface area contributed by atoms with E-state index in [2.05, 4.69) is 10.3 Å². The van der Waals surface area contributed by atoms with Crippen LogP contribution < -0.4 is 11.1 Å². The number of carbonyl (C=O) groups is 1.